The van der Waals surface area contributed by atoms with Gasteiger partial charge in [0.1, 0.15) is 17.5 Å². The number of amides is 2. The molecule has 0 aliphatic rings. The van der Waals surface area contributed by atoms with Gasteiger partial charge in [-0.3, -0.25) is 4.79 Å². The van der Waals surface area contributed by atoms with Gasteiger partial charge in [-0.05, 0) is 52.3 Å². The molecule has 0 saturated carbocycles. The Labute approximate surface area is 123 Å². The maximum absolute atomic E-state index is 13.4. The van der Waals surface area contributed by atoms with Crippen LogP contribution in [0.5, 0.6) is 0 Å². The minimum atomic E-state index is -0.802. The summed E-state index contributed by atoms with van der Waals surface area (Å²) in [6.07, 6.45) is -0.680. The van der Waals surface area contributed by atoms with Crippen LogP contribution in [0.1, 0.15) is 33.3 Å². The van der Waals surface area contributed by atoms with Gasteiger partial charge in [-0.15, -0.1) is 0 Å². The highest BCUT2D eigenvalue weighted by atomic mass is 19.1. The normalized spacial score (nSPS) is 12.5. The van der Waals surface area contributed by atoms with Crippen molar-refractivity contribution in [2.24, 2.45) is 0 Å². The Hall–Kier alpha value is -2.11. The molecule has 0 fully saturated rings. The van der Waals surface area contributed by atoms with Gasteiger partial charge in [0.2, 0.25) is 5.91 Å². The van der Waals surface area contributed by atoms with E-state index >= 15 is 0 Å². The molecular weight excluding hydrogens is 275 g/mol. The summed E-state index contributed by atoms with van der Waals surface area (Å²) >= 11 is 0. The third-order valence-electron chi connectivity index (χ3n) is 2.57. The highest BCUT2D eigenvalue weighted by molar-refractivity contribution is 5.96. The molecule has 5 nitrogen and oxygen atoms in total. The molecule has 0 spiro atoms. The van der Waals surface area contributed by atoms with Crippen molar-refractivity contribution in [2.75, 3.05) is 5.32 Å². The summed E-state index contributed by atoms with van der Waals surface area (Å²) in [5, 5.41) is 4.94. The number of aryl methyl sites for hydroxylation is 1. The largest absolute Gasteiger partial charge is 0.444 e. The van der Waals surface area contributed by atoms with Gasteiger partial charge in [-0.25, -0.2) is 9.18 Å². The first-order valence-electron chi connectivity index (χ1n) is 6.65. The Morgan fingerprint density at radius 1 is 1.29 bits per heavy atom. The molecule has 0 aromatic heterocycles. The van der Waals surface area contributed by atoms with Gasteiger partial charge >= 0.3 is 6.09 Å². The second-order valence-electron chi connectivity index (χ2n) is 5.82. The molecular formula is C15H21FN2O3. The van der Waals surface area contributed by atoms with Gasteiger partial charge in [0.05, 0.1) is 0 Å². The van der Waals surface area contributed by atoms with Crippen LogP contribution in [0, 0.1) is 12.7 Å². The first-order chi connectivity index (χ1) is 9.58. The standard InChI is InChI=1S/C15H21FN2O3/c1-9-6-7-11(8-12(9)16)18-13(19)10(2)17-14(20)21-15(3,4)5/h6-8,10H,1-5H3,(H,17,20)(H,18,19)/t10-/m1/s1. The van der Waals surface area contributed by atoms with Crippen molar-refractivity contribution >= 4 is 17.7 Å². The molecule has 1 atom stereocenters. The molecule has 0 aliphatic heterocycles. The molecule has 0 unspecified atom stereocenters. The molecule has 21 heavy (non-hydrogen) atoms. The molecule has 0 heterocycles. The van der Waals surface area contributed by atoms with Crippen LogP contribution in [0.4, 0.5) is 14.9 Å². The second-order valence-corrected chi connectivity index (χ2v) is 5.82. The lowest BCUT2D eigenvalue weighted by Gasteiger charge is -2.21. The fourth-order valence-corrected chi connectivity index (χ4v) is 1.47. The van der Waals surface area contributed by atoms with E-state index in [4.69, 9.17) is 4.74 Å². The first kappa shape index (κ1) is 16.9. The van der Waals surface area contributed by atoms with Crippen molar-refractivity contribution < 1.29 is 18.7 Å². The molecule has 1 aromatic rings. The maximum Gasteiger partial charge on any atom is 0.408 e. The van der Waals surface area contributed by atoms with E-state index in [9.17, 15) is 14.0 Å². The molecule has 2 amide bonds. The summed E-state index contributed by atoms with van der Waals surface area (Å²) in [7, 11) is 0. The highest BCUT2D eigenvalue weighted by Gasteiger charge is 2.21. The number of hydrogen-bond donors (Lipinski definition) is 2. The predicted molar refractivity (Wildman–Crippen MR) is 78.6 cm³/mol. The van der Waals surface area contributed by atoms with Gasteiger partial charge in [0.25, 0.3) is 0 Å². The minimum Gasteiger partial charge on any atom is -0.444 e. The van der Waals surface area contributed by atoms with Gasteiger partial charge in [0, 0.05) is 5.69 Å². The fraction of sp³-hybridized carbons (Fsp3) is 0.467. The van der Waals surface area contributed by atoms with Crippen molar-refractivity contribution in [3.63, 3.8) is 0 Å². The summed E-state index contributed by atoms with van der Waals surface area (Å²) in [6, 6.07) is 3.59. The minimum absolute atomic E-state index is 0.334. The number of ether oxygens (including phenoxy) is 1. The number of halogens is 1. The van der Waals surface area contributed by atoms with Crippen molar-refractivity contribution in [1.29, 1.82) is 0 Å². The molecule has 0 saturated heterocycles. The van der Waals surface area contributed by atoms with Crippen molar-refractivity contribution in [1.82, 2.24) is 5.32 Å². The van der Waals surface area contributed by atoms with E-state index in [1.54, 1.807) is 39.8 Å². The fourth-order valence-electron chi connectivity index (χ4n) is 1.47. The zero-order chi connectivity index (χ0) is 16.2. The third-order valence-corrected chi connectivity index (χ3v) is 2.57. The maximum atomic E-state index is 13.4. The zero-order valence-corrected chi connectivity index (χ0v) is 12.9. The Bertz CT molecular complexity index is 538. The summed E-state index contributed by atoms with van der Waals surface area (Å²) in [5.74, 6) is -0.857. The van der Waals surface area contributed by atoms with Gasteiger partial charge in [-0.2, -0.15) is 0 Å². The molecule has 116 valence electrons. The van der Waals surface area contributed by atoms with Gasteiger partial charge in [0.15, 0.2) is 0 Å². The lowest BCUT2D eigenvalue weighted by atomic mass is 10.2. The van der Waals surface area contributed by atoms with Crippen molar-refractivity contribution in [3.05, 3.63) is 29.6 Å². The first-order valence-corrected chi connectivity index (χ1v) is 6.65. The Balaban J connectivity index is 2.58. The third kappa shape index (κ3) is 5.81. The quantitative estimate of drug-likeness (QED) is 0.901. The topological polar surface area (TPSA) is 67.4 Å². The number of nitrogens with one attached hydrogen (secondary N) is 2. The zero-order valence-electron chi connectivity index (χ0n) is 12.9. The van der Waals surface area contributed by atoms with Crippen LogP contribution in [-0.4, -0.2) is 23.6 Å². The Kier molecular flexibility index (Phi) is 5.29. The van der Waals surface area contributed by atoms with Crippen LogP contribution in [-0.2, 0) is 9.53 Å². The number of alkyl carbamates (subject to hydrolysis) is 1. The number of benzene rings is 1. The average Bonchev–Trinajstić information content (AvgIpc) is 2.31. The number of rotatable bonds is 3. The lowest BCUT2D eigenvalue weighted by molar-refractivity contribution is -0.117. The number of hydrogen-bond acceptors (Lipinski definition) is 3. The molecule has 2 N–H and O–H groups in total. The Morgan fingerprint density at radius 3 is 2.43 bits per heavy atom. The Morgan fingerprint density at radius 2 is 1.90 bits per heavy atom. The van der Waals surface area contributed by atoms with Crippen LogP contribution in [0.25, 0.3) is 0 Å². The van der Waals surface area contributed by atoms with Crippen LogP contribution in [0.2, 0.25) is 0 Å². The number of carbonyl (C=O) groups is 2. The smallest absolute Gasteiger partial charge is 0.408 e. The molecule has 0 radical (unpaired) electrons. The number of anilines is 1. The molecule has 6 heteroatoms. The van der Waals surface area contributed by atoms with E-state index < -0.39 is 29.5 Å². The van der Waals surface area contributed by atoms with E-state index in [-0.39, 0.29) is 0 Å². The molecule has 1 aromatic carbocycles. The highest BCUT2D eigenvalue weighted by Crippen LogP contribution is 2.14. The lowest BCUT2D eigenvalue weighted by Crippen LogP contribution is -2.43. The van der Waals surface area contributed by atoms with E-state index in [0.717, 1.165) is 0 Å². The monoisotopic (exact) mass is 296 g/mol. The van der Waals surface area contributed by atoms with E-state index in [2.05, 4.69) is 10.6 Å². The second kappa shape index (κ2) is 6.56. The van der Waals surface area contributed by atoms with Crippen LogP contribution in [0.3, 0.4) is 0 Å². The van der Waals surface area contributed by atoms with Gasteiger partial charge < -0.3 is 15.4 Å². The van der Waals surface area contributed by atoms with Crippen LogP contribution in [0.15, 0.2) is 18.2 Å². The summed E-state index contributed by atoms with van der Waals surface area (Å²) in [6.45, 7) is 8.34. The van der Waals surface area contributed by atoms with E-state index in [1.807, 2.05) is 0 Å². The molecule has 0 aliphatic carbocycles. The summed E-state index contributed by atoms with van der Waals surface area (Å²) in [5.41, 5.74) is 0.189. The van der Waals surface area contributed by atoms with E-state index in [1.165, 1.54) is 13.0 Å². The average molecular weight is 296 g/mol. The number of carbonyl (C=O) groups excluding carboxylic acids is 2. The van der Waals surface area contributed by atoms with Crippen LogP contribution >= 0.6 is 0 Å². The van der Waals surface area contributed by atoms with E-state index in [0.29, 0.717) is 11.3 Å². The van der Waals surface area contributed by atoms with Gasteiger partial charge in [-0.1, -0.05) is 6.07 Å². The predicted octanol–water partition coefficient (Wildman–Crippen LogP) is 2.99. The van der Waals surface area contributed by atoms with Crippen molar-refractivity contribution in [3.8, 4) is 0 Å². The molecule has 1 rings (SSSR count). The van der Waals surface area contributed by atoms with Crippen molar-refractivity contribution in [2.45, 2.75) is 46.3 Å². The summed E-state index contributed by atoms with van der Waals surface area (Å²) in [4.78, 5) is 23.5. The van der Waals surface area contributed by atoms with Crippen LogP contribution < -0.4 is 10.6 Å². The SMILES string of the molecule is Cc1ccc(NC(=O)[C@@H](C)NC(=O)OC(C)(C)C)cc1F. The summed E-state index contributed by atoms with van der Waals surface area (Å²) < 4.78 is 18.4. The molecule has 0 bridgehead atoms.